The number of hydrogen-bond acceptors (Lipinski definition) is 9. The van der Waals surface area contributed by atoms with E-state index in [0.29, 0.717) is 41.4 Å². The summed E-state index contributed by atoms with van der Waals surface area (Å²) in [6.45, 7) is 1.24. The molecule has 11 heteroatoms. The summed E-state index contributed by atoms with van der Waals surface area (Å²) in [5.41, 5.74) is 7.61. The molecule has 180 valence electrons. The number of hydrogen-bond donors (Lipinski definition) is 3. The summed E-state index contributed by atoms with van der Waals surface area (Å²) >= 11 is -1.31. The molecular formula is C23H29N7O3S. The van der Waals surface area contributed by atoms with Crippen LogP contribution in [0.25, 0.3) is 11.3 Å². The Labute approximate surface area is 201 Å². The zero-order valence-electron chi connectivity index (χ0n) is 19.1. The molecule has 4 N–H and O–H groups in total. The summed E-state index contributed by atoms with van der Waals surface area (Å²) in [7, 11) is 1.80. The maximum absolute atomic E-state index is 12.9. The molecular weight excluding hydrogens is 454 g/mol. The van der Waals surface area contributed by atoms with E-state index >= 15 is 0 Å². The summed E-state index contributed by atoms with van der Waals surface area (Å²) in [4.78, 5) is 9.68. The largest absolute Gasteiger partial charge is 0.593 e. The molecule has 5 rings (SSSR count). The first-order valence-electron chi connectivity index (χ1n) is 11.5. The molecule has 0 amide bonds. The van der Waals surface area contributed by atoms with Crippen molar-refractivity contribution < 1.29 is 14.0 Å². The first kappa shape index (κ1) is 22.8. The number of aromatic nitrogens is 4. The van der Waals surface area contributed by atoms with E-state index in [1.54, 1.807) is 24.1 Å². The van der Waals surface area contributed by atoms with Crippen LogP contribution in [0.15, 0.2) is 41.6 Å². The molecule has 1 aliphatic carbocycles. The molecule has 10 nitrogen and oxygen atoms in total. The molecule has 2 aromatic heterocycles. The summed E-state index contributed by atoms with van der Waals surface area (Å²) in [6, 6.07) is 7.75. The maximum atomic E-state index is 12.9. The van der Waals surface area contributed by atoms with E-state index in [2.05, 4.69) is 25.1 Å². The first-order chi connectivity index (χ1) is 16.6. The number of benzene rings is 1. The highest BCUT2D eigenvalue weighted by Crippen LogP contribution is 2.32. The summed E-state index contributed by atoms with van der Waals surface area (Å²) < 4.78 is 29.2. The number of nitrogens with two attached hydrogens (primary N) is 1. The van der Waals surface area contributed by atoms with Gasteiger partial charge in [-0.2, -0.15) is 5.10 Å². The van der Waals surface area contributed by atoms with Gasteiger partial charge in [0.05, 0.1) is 48.1 Å². The van der Waals surface area contributed by atoms with Crippen LogP contribution in [0.2, 0.25) is 0 Å². The Morgan fingerprint density at radius 1 is 1.09 bits per heavy atom. The molecule has 34 heavy (non-hydrogen) atoms. The second kappa shape index (κ2) is 10.1. The maximum Gasteiger partial charge on any atom is 0.223 e. The lowest BCUT2D eigenvalue weighted by Crippen LogP contribution is -2.40. The quantitative estimate of drug-likeness (QED) is 0.452. The fourth-order valence-electron chi connectivity index (χ4n) is 4.24. The Hall–Kier alpha value is -3.02. The summed E-state index contributed by atoms with van der Waals surface area (Å²) in [6.07, 6.45) is 7.95. The van der Waals surface area contributed by atoms with Crippen LogP contribution in [-0.4, -0.2) is 49.6 Å². The third-order valence-corrected chi connectivity index (χ3v) is 7.41. The number of fused-ring (bicyclic) bond motifs is 1. The molecule has 0 radical (unpaired) electrons. The fourth-order valence-corrected chi connectivity index (χ4v) is 5.32. The lowest BCUT2D eigenvalue weighted by atomic mass is 9.92. The van der Waals surface area contributed by atoms with Gasteiger partial charge in [-0.05, 0) is 43.9 Å². The zero-order chi connectivity index (χ0) is 23.5. The van der Waals surface area contributed by atoms with E-state index < -0.39 is 11.4 Å². The minimum absolute atomic E-state index is 0.178. The Morgan fingerprint density at radius 2 is 1.85 bits per heavy atom. The van der Waals surface area contributed by atoms with Gasteiger partial charge in [-0.25, -0.2) is 9.97 Å². The predicted molar refractivity (Wildman–Crippen MR) is 130 cm³/mol. The van der Waals surface area contributed by atoms with Gasteiger partial charge in [0.2, 0.25) is 5.95 Å². The molecule has 1 unspecified atom stereocenters. The average Bonchev–Trinajstić information content (AvgIpc) is 3.04. The summed E-state index contributed by atoms with van der Waals surface area (Å²) in [5.74, 6) is 2.52. The van der Waals surface area contributed by atoms with Crippen LogP contribution in [0.1, 0.15) is 32.1 Å². The van der Waals surface area contributed by atoms with Crippen LogP contribution in [-0.2, 0) is 18.4 Å². The lowest BCUT2D eigenvalue weighted by Gasteiger charge is -2.29. The smallest absolute Gasteiger partial charge is 0.223 e. The molecule has 1 aliphatic heterocycles. The van der Waals surface area contributed by atoms with E-state index in [-0.39, 0.29) is 12.1 Å². The predicted octanol–water partition coefficient (Wildman–Crippen LogP) is 2.66. The topological polar surface area (TPSA) is 135 Å². The fraction of sp³-hybridized carbons (Fsp3) is 0.435. The molecule has 2 aliphatic rings. The Kier molecular flexibility index (Phi) is 6.75. The summed E-state index contributed by atoms with van der Waals surface area (Å²) in [5, 5.41) is 7.62. The van der Waals surface area contributed by atoms with E-state index in [9.17, 15) is 4.55 Å². The number of rotatable bonds is 6. The van der Waals surface area contributed by atoms with Crippen LogP contribution in [0, 0.1) is 0 Å². The van der Waals surface area contributed by atoms with Crippen molar-refractivity contribution in [1.29, 1.82) is 0 Å². The van der Waals surface area contributed by atoms with Gasteiger partial charge in [0, 0.05) is 31.8 Å². The highest BCUT2D eigenvalue weighted by atomic mass is 32.2. The minimum Gasteiger partial charge on any atom is -0.593 e. The van der Waals surface area contributed by atoms with Gasteiger partial charge in [-0.1, -0.05) is 0 Å². The van der Waals surface area contributed by atoms with Crippen LogP contribution in [0.3, 0.4) is 0 Å². The van der Waals surface area contributed by atoms with Crippen LogP contribution in [0.5, 0.6) is 11.5 Å². The lowest BCUT2D eigenvalue weighted by molar-refractivity contribution is 0.297. The number of nitrogen functional groups attached to an aromatic ring is 1. The molecule has 1 fully saturated rings. The van der Waals surface area contributed by atoms with Crippen molar-refractivity contribution in [3.8, 4) is 22.8 Å². The zero-order valence-corrected chi connectivity index (χ0v) is 19.9. The molecule has 1 atom stereocenters. The Morgan fingerprint density at radius 3 is 2.62 bits per heavy atom. The average molecular weight is 484 g/mol. The third-order valence-electron chi connectivity index (χ3n) is 6.18. The van der Waals surface area contributed by atoms with Crippen molar-refractivity contribution in [1.82, 2.24) is 24.5 Å². The molecule has 3 heterocycles. The van der Waals surface area contributed by atoms with Crippen LogP contribution in [0.4, 0.5) is 11.8 Å². The molecule has 1 aromatic carbocycles. The van der Waals surface area contributed by atoms with Crippen molar-refractivity contribution in [3.05, 3.63) is 36.7 Å². The van der Waals surface area contributed by atoms with Crippen LogP contribution >= 0.6 is 0 Å². The van der Waals surface area contributed by atoms with Crippen molar-refractivity contribution in [2.75, 3.05) is 24.3 Å². The van der Waals surface area contributed by atoms with Gasteiger partial charge < -0.3 is 25.1 Å². The normalized spacial score (nSPS) is 21.0. The highest BCUT2D eigenvalue weighted by molar-refractivity contribution is 7.89. The van der Waals surface area contributed by atoms with Gasteiger partial charge in [0.15, 0.2) is 16.4 Å². The van der Waals surface area contributed by atoms with E-state index in [1.807, 2.05) is 24.3 Å². The molecule has 0 spiro atoms. The highest BCUT2D eigenvalue weighted by Gasteiger charge is 2.27. The molecule has 0 bridgehead atoms. The second-order valence-corrected chi connectivity index (χ2v) is 9.82. The van der Waals surface area contributed by atoms with Crippen molar-refractivity contribution in [3.63, 3.8) is 0 Å². The van der Waals surface area contributed by atoms with Crippen LogP contribution < -0.4 is 25.2 Å². The molecule has 1 saturated carbocycles. The monoisotopic (exact) mass is 483 g/mol. The third kappa shape index (κ3) is 5.06. The van der Waals surface area contributed by atoms with Gasteiger partial charge in [-0.3, -0.25) is 4.68 Å². The van der Waals surface area contributed by atoms with E-state index in [0.717, 1.165) is 43.4 Å². The standard InChI is InChI=1S/C23H29N7O3S/c1-30-22(24)18(14-26-30)19-9-10-25-23(28-19)27-15-3-5-16(6-4-15)29-34(31)17-7-8-20-21(13-17)33-12-2-11-32-20/h7-10,13-16,29H,2-6,11-12,24H2,1H3,(H,25,27,28)/t15-,16-,34?. The van der Waals surface area contributed by atoms with E-state index in [4.69, 9.17) is 15.2 Å². The number of aryl methyl sites for hydroxylation is 1. The first-order valence-corrected chi connectivity index (χ1v) is 12.7. The molecule has 3 aromatic rings. The number of anilines is 2. The van der Waals surface area contributed by atoms with Gasteiger partial charge in [0.1, 0.15) is 5.82 Å². The number of nitrogens with one attached hydrogen (secondary N) is 2. The van der Waals surface area contributed by atoms with Crippen molar-refractivity contribution in [2.24, 2.45) is 7.05 Å². The Balaban J connectivity index is 1.15. The SMILES string of the molecule is Cn1ncc(-c2ccnc(N[C@H]3CC[C@H](N[S+]([O-])c4ccc5c(c4)OCCCO5)CC3)n2)c1N. The Bertz CT molecular complexity index is 1130. The van der Waals surface area contributed by atoms with Gasteiger partial charge in [-0.15, -0.1) is 4.72 Å². The number of ether oxygens (including phenoxy) is 2. The van der Waals surface area contributed by atoms with Gasteiger partial charge >= 0.3 is 0 Å². The number of nitrogens with zero attached hydrogens (tertiary/aromatic N) is 4. The van der Waals surface area contributed by atoms with Crippen molar-refractivity contribution in [2.45, 2.75) is 49.1 Å². The van der Waals surface area contributed by atoms with Crippen molar-refractivity contribution >= 4 is 23.1 Å². The van der Waals surface area contributed by atoms with Gasteiger partial charge in [0.25, 0.3) is 0 Å². The second-order valence-electron chi connectivity index (χ2n) is 8.57. The van der Waals surface area contributed by atoms with E-state index in [1.165, 1.54) is 0 Å². The minimum atomic E-state index is -1.31. The molecule has 0 saturated heterocycles.